The average Bonchev–Trinajstić information content (AvgIpc) is 4.02. The Balaban J connectivity index is 0.588. The second-order valence-corrected chi connectivity index (χ2v) is 18.5. The van der Waals surface area contributed by atoms with Crippen molar-refractivity contribution in [3.63, 3.8) is 0 Å². The van der Waals surface area contributed by atoms with E-state index >= 15 is 8.78 Å². The van der Waals surface area contributed by atoms with Gasteiger partial charge in [-0.1, -0.05) is 12.1 Å². The molecule has 0 aliphatic carbocycles. The maximum Gasteiger partial charge on any atom is 0.262 e. The zero-order valence-electron chi connectivity index (χ0n) is 41.6. The number of rotatable bonds is 25. The largest absolute Gasteiger partial charge is 0.383 e. The maximum atomic E-state index is 15.4. The molecule has 3 saturated heterocycles. The third-order valence-corrected chi connectivity index (χ3v) is 13.5. The zero-order valence-corrected chi connectivity index (χ0v) is 41.6. The summed E-state index contributed by atoms with van der Waals surface area (Å²) in [6.45, 7) is 7.15. The Morgan fingerprint density at radius 2 is 1.47 bits per heavy atom. The van der Waals surface area contributed by atoms with Crippen molar-refractivity contribution in [2.45, 2.75) is 56.7 Å². The van der Waals surface area contributed by atoms with E-state index in [-0.39, 0.29) is 60.4 Å². The van der Waals surface area contributed by atoms with Gasteiger partial charge in [0, 0.05) is 74.1 Å². The van der Waals surface area contributed by atoms with Crippen LogP contribution in [0, 0.1) is 11.6 Å². The molecule has 6 heterocycles. The van der Waals surface area contributed by atoms with Gasteiger partial charge >= 0.3 is 0 Å². The number of halogens is 2. The third-order valence-electron chi connectivity index (χ3n) is 13.5. The van der Waals surface area contributed by atoms with E-state index in [1.807, 2.05) is 21.8 Å². The number of carbonyl (C=O) groups is 5. The molecule has 3 aromatic carbocycles. The van der Waals surface area contributed by atoms with Crippen LogP contribution in [0.2, 0.25) is 0 Å². The van der Waals surface area contributed by atoms with Crippen molar-refractivity contribution in [3.8, 4) is 22.4 Å². The Morgan fingerprint density at radius 3 is 2.16 bits per heavy atom. The van der Waals surface area contributed by atoms with Crippen molar-refractivity contribution in [1.82, 2.24) is 40.2 Å². The molecule has 2 unspecified atom stereocenters. The number of benzene rings is 3. The Hall–Kier alpha value is -6.66. The van der Waals surface area contributed by atoms with Gasteiger partial charge in [0.15, 0.2) is 0 Å². The second-order valence-electron chi connectivity index (χ2n) is 18.5. The van der Waals surface area contributed by atoms with Crippen molar-refractivity contribution < 1.29 is 61.2 Å². The van der Waals surface area contributed by atoms with E-state index < -0.39 is 41.3 Å². The normalized spacial score (nSPS) is 18.3. The second kappa shape index (κ2) is 25.7. The third kappa shape index (κ3) is 13.4. The number of nitrogens with one attached hydrogen (secondary N) is 3. The van der Waals surface area contributed by atoms with E-state index in [1.54, 1.807) is 42.7 Å². The fourth-order valence-electron chi connectivity index (χ4n) is 9.53. The fourth-order valence-corrected chi connectivity index (χ4v) is 9.53. The molecule has 5 amide bonds. The van der Waals surface area contributed by atoms with Crippen LogP contribution < -0.4 is 16.0 Å². The van der Waals surface area contributed by atoms with E-state index in [9.17, 15) is 24.0 Å². The molecule has 22 heteroatoms. The summed E-state index contributed by atoms with van der Waals surface area (Å²) in [6.07, 6.45) is 7.09. The van der Waals surface area contributed by atoms with Crippen LogP contribution in [-0.2, 0) is 49.2 Å². The summed E-state index contributed by atoms with van der Waals surface area (Å²) < 4.78 is 66.3. The number of hydrogen-bond donors (Lipinski definition) is 3. The lowest BCUT2D eigenvalue weighted by Crippen LogP contribution is -2.54. The van der Waals surface area contributed by atoms with Crippen LogP contribution in [0.4, 0.5) is 14.5 Å². The number of fused-ring (bicyclic) bond motifs is 2. The Labute approximate surface area is 431 Å². The minimum Gasteiger partial charge on any atom is -0.383 e. The predicted octanol–water partition coefficient (Wildman–Crippen LogP) is 4.12. The first kappa shape index (κ1) is 53.2. The lowest BCUT2D eigenvalue weighted by Gasteiger charge is -2.32. The van der Waals surface area contributed by atoms with Gasteiger partial charge in [-0.05, 0) is 61.2 Å². The molecule has 5 aromatic rings. The molecule has 9 rings (SSSR count). The number of carbonyl (C=O) groups excluding carboxylic acids is 5. The number of hydrogen-bond acceptors (Lipinski definition) is 16. The topological polar surface area (TPSA) is 227 Å². The molecule has 20 nitrogen and oxygen atoms in total. The van der Waals surface area contributed by atoms with Crippen LogP contribution >= 0.6 is 0 Å². The predicted molar refractivity (Wildman–Crippen MR) is 268 cm³/mol. The fraction of sp³-hybridized carbons (Fsp3) is 0.472. The van der Waals surface area contributed by atoms with Gasteiger partial charge in [-0.15, -0.1) is 0 Å². The average molecular weight is 1040 g/mol. The molecule has 3 N–H and O–H groups in total. The lowest BCUT2D eigenvalue weighted by atomic mass is 9.98. The van der Waals surface area contributed by atoms with Gasteiger partial charge in [0.1, 0.15) is 17.7 Å². The van der Waals surface area contributed by atoms with Crippen molar-refractivity contribution in [2.75, 3.05) is 111 Å². The number of para-hydroxylation sites is 1. The molecule has 75 heavy (non-hydrogen) atoms. The first-order chi connectivity index (χ1) is 36.6. The summed E-state index contributed by atoms with van der Waals surface area (Å²) in [7, 11) is 0. The Morgan fingerprint density at radius 1 is 0.773 bits per heavy atom. The van der Waals surface area contributed by atoms with Gasteiger partial charge in [0.25, 0.3) is 11.8 Å². The van der Waals surface area contributed by atoms with Crippen molar-refractivity contribution in [1.29, 1.82) is 0 Å². The Bertz CT molecular complexity index is 2810. The van der Waals surface area contributed by atoms with Crippen molar-refractivity contribution in [2.24, 2.45) is 0 Å². The van der Waals surface area contributed by atoms with Gasteiger partial charge in [-0.2, -0.15) is 5.10 Å². The molecule has 0 bridgehead atoms. The summed E-state index contributed by atoms with van der Waals surface area (Å²) in [4.78, 5) is 75.0. The lowest BCUT2D eigenvalue weighted by molar-refractivity contribution is -0.136. The van der Waals surface area contributed by atoms with Crippen LogP contribution in [0.5, 0.6) is 0 Å². The van der Waals surface area contributed by atoms with E-state index in [0.717, 1.165) is 29.8 Å². The molecule has 398 valence electrons. The maximum absolute atomic E-state index is 15.4. The van der Waals surface area contributed by atoms with E-state index in [0.29, 0.717) is 132 Å². The monoisotopic (exact) mass is 1040 g/mol. The summed E-state index contributed by atoms with van der Waals surface area (Å²) in [5, 5.41) is 13.2. The van der Waals surface area contributed by atoms with Crippen LogP contribution in [-0.4, -0.2) is 177 Å². The molecule has 0 radical (unpaired) electrons. The first-order valence-electron chi connectivity index (χ1n) is 25.5. The van der Waals surface area contributed by atoms with Gasteiger partial charge in [-0.25, -0.2) is 13.8 Å². The Kier molecular flexibility index (Phi) is 18.2. The quantitative estimate of drug-likeness (QED) is 0.0552. The number of amides is 5. The van der Waals surface area contributed by atoms with E-state index in [1.165, 1.54) is 12.1 Å². The number of likely N-dealkylation sites (tertiary alicyclic amines) is 1. The van der Waals surface area contributed by atoms with Gasteiger partial charge in [-0.3, -0.25) is 43.9 Å². The molecule has 0 saturated carbocycles. The highest BCUT2D eigenvalue weighted by molar-refractivity contribution is 6.23. The molecule has 2 aromatic heterocycles. The van der Waals surface area contributed by atoms with Crippen molar-refractivity contribution >= 4 is 46.3 Å². The number of nitrogens with zero attached hydrogens (tertiary/aromatic N) is 6. The van der Waals surface area contributed by atoms with Crippen LogP contribution in [0.25, 0.3) is 33.4 Å². The molecular weight excluding hydrogens is 977 g/mol. The number of piperidine rings is 2. The number of ether oxygens (including phenoxy) is 6. The molecule has 2 atom stereocenters. The summed E-state index contributed by atoms with van der Waals surface area (Å²) in [6, 6.07) is 12.0. The zero-order chi connectivity index (χ0) is 52.1. The molecule has 4 aliphatic heterocycles. The standard InChI is InChI=1S/C53H61F2N9O11/c54-43-26-34(27-44(55)42(43)29-38-31-56-11-17-75-38)39-2-1-3-45-50(39)60-46(32-58-45)35-30-59-63(33-35)37-8-13-62(14-9-37)49(66)10-15-70-18-20-72-22-24-74-25-23-73-21-19-71-16-12-57-36-4-5-40-41(28-36)53(69)64(52(40)68)47-6-7-48(65)61-51(47)67/h1-5,26-28,30,32-33,37-38,47,56-57H,6-25,29,31H2,(H,61,65,67). The number of imide groups is 2. The molecule has 4 aliphatic rings. The number of aromatic nitrogens is 4. The van der Waals surface area contributed by atoms with Crippen LogP contribution in [0.15, 0.2) is 67.1 Å². The summed E-state index contributed by atoms with van der Waals surface area (Å²) >= 11 is 0. The van der Waals surface area contributed by atoms with Gasteiger partial charge in [0.05, 0.1) is 131 Å². The van der Waals surface area contributed by atoms with Gasteiger partial charge in [0.2, 0.25) is 17.7 Å². The first-order valence-corrected chi connectivity index (χ1v) is 25.5. The molecule has 0 spiro atoms. The number of anilines is 1. The summed E-state index contributed by atoms with van der Waals surface area (Å²) in [5.74, 6) is -3.40. The molecular formula is C53H61F2N9O11. The van der Waals surface area contributed by atoms with E-state index in [4.69, 9.17) is 33.4 Å². The van der Waals surface area contributed by atoms with E-state index in [2.05, 4.69) is 26.0 Å². The molecule has 3 fully saturated rings. The smallest absolute Gasteiger partial charge is 0.262 e. The highest BCUT2D eigenvalue weighted by atomic mass is 19.1. The minimum absolute atomic E-state index is 0.00310. The SMILES string of the molecule is O=C1CCC(N2C(=O)c3ccc(NCCOCCOCCOCCOCCOCCC(=O)N4CCC(n5cc(-c6cnc7cccc(-c8cc(F)c(CC9CNCCO9)c(F)c8)c7n6)cn5)CC4)cc3C2=O)C(=O)N1. The minimum atomic E-state index is -1.01. The summed E-state index contributed by atoms with van der Waals surface area (Å²) in [5.41, 5.74) is 4.46. The van der Waals surface area contributed by atoms with Crippen LogP contribution in [0.1, 0.15) is 64.4 Å². The highest BCUT2D eigenvalue weighted by Gasteiger charge is 2.44. The van der Waals surface area contributed by atoms with Crippen LogP contribution in [0.3, 0.4) is 0 Å². The highest BCUT2D eigenvalue weighted by Crippen LogP contribution is 2.33. The number of morpholine rings is 1. The van der Waals surface area contributed by atoms with Gasteiger partial charge < -0.3 is 44.0 Å². The van der Waals surface area contributed by atoms with Crippen molar-refractivity contribution in [3.05, 3.63) is 95.4 Å².